The number of amides is 2. The number of rotatable bonds is 7. The van der Waals surface area contributed by atoms with Gasteiger partial charge in [-0.1, -0.05) is 6.92 Å². The number of nitrogens with one attached hydrogen (secondary N) is 2. The number of carbonyl (C=O) groups is 1. The molecule has 5 nitrogen and oxygen atoms in total. The molecule has 1 aromatic heterocycles. The smallest absolute Gasteiger partial charge is 0.315 e. The van der Waals surface area contributed by atoms with E-state index in [4.69, 9.17) is 5.11 Å². The standard InChI is InChI=1S/C13H23N3O2/c1-3-13(2,6-11-17)15-12(18)14-7-10-16-8-4-5-9-16/h4-5,8-9,17H,3,6-7,10-11H2,1-2H3,(H2,14,15,18). The molecule has 1 rings (SSSR count). The molecule has 0 fully saturated rings. The molecule has 0 aromatic carbocycles. The largest absolute Gasteiger partial charge is 0.396 e. The summed E-state index contributed by atoms with van der Waals surface area (Å²) in [6.07, 6.45) is 5.27. The molecule has 0 aliphatic carbocycles. The quantitative estimate of drug-likeness (QED) is 0.686. The van der Waals surface area contributed by atoms with Crippen LogP contribution in [0, 0.1) is 0 Å². The van der Waals surface area contributed by atoms with Gasteiger partial charge in [0.05, 0.1) is 0 Å². The van der Waals surface area contributed by atoms with Crippen molar-refractivity contribution in [3.05, 3.63) is 24.5 Å². The second-order valence-electron chi connectivity index (χ2n) is 4.69. The van der Waals surface area contributed by atoms with Crippen LogP contribution in [0.25, 0.3) is 0 Å². The molecule has 0 aliphatic rings. The maximum Gasteiger partial charge on any atom is 0.315 e. The number of hydrogen-bond donors (Lipinski definition) is 3. The SMILES string of the molecule is CCC(C)(CCO)NC(=O)NCCn1cccc1. The van der Waals surface area contributed by atoms with E-state index in [2.05, 4.69) is 10.6 Å². The molecule has 0 saturated carbocycles. The average Bonchev–Trinajstić information content (AvgIpc) is 2.82. The molecular formula is C13H23N3O2. The first-order chi connectivity index (χ1) is 8.59. The third-order valence-electron chi connectivity index (χ3n) is 3.18. The number of aliphatic hydroxyl groups excluding tert-OH is 1. The summed E-state index contributed by atoms with van der Waals surface area (Å²) in [6.45, 7) is 5.35. The highest BCUT2D eigenvalue weighted by molar-refractivity contribution is 5.74. The monoisotopic (exact) mass is 253 g/mol. The van der Waals surface area contributed by atoms with Crippen LogP contribution in [0.3, 0.4) is 0 Å². The summed E-state index contributed by atoms with van der Waals surface area (Å²) in [4.78, 5) is 11.7. The van der Waals surface area contributed by atoms with Gasteiger partial charge in [0.15, 0.2) is 0 Å². The average molecular weight is 253 g/mol. The van der Waals surface area contributed by atoms with Crippen molar-refractivity contribution in [1.82, 2.24) is 15.2 Å². The number of aromatic nitrogens is 1. The van der Waals surface area contributed by atoms with Gasteiger partial charge in [0, 0.05) is 37.6 Å². The van der Waals surface area contributed by atoms with Crippen molar-refractivity contribution < 1.29 is 9.90 Å². The summed E-state index contributed by atoms with van der Waals surface area (Å²) in [7, 11) is 0. The molecule has 0 bridgehead atoms. The molecule has 18 heavy (non-hydrogen) atoms. The van der Waals surface area contributed by atoms with E-state index < -0.39 is 0 Å². The normalized spacial score (nSPS) is 13.9. The predicted octanol–water partition coefficient (Wildman–Crippen LogP) is 1.34. The minimum atomic E-state index is -0.341. The lowest BCUT2D eigenvalue weighted by molar-refractivity contribution is 0.201. The Kier molecular flexibility index (Phi) is 5.71. The lowest BCUT2D eigenvalue weighted by atomic mass is 9.95. The zero-order valence-electron chi connectivity index (χ0n) is 11.1. The van der Waals surface area contributed by atoms with Gasteiger partial charge in [-0.25, -0.2) is 4.79 Å². The predicted molar refractivity (Wildman–Crippen MR) is 71.4 cm³/mol. The van der Waals surface area contributed by atoms with Gasteiger partial charge in [0.2, 0.25) is 0 Å². The Hall–Kier alpha value is -1.49. The van der Waals surface area contributed by atoms with Gasteiger partial charge < -0.3 is 20.3 Å². The Morgan fingerprint density at radius 2 is 2.06 bits per heavy atom. The zero-order valence-corrected chi connectivity index (χ0v) is 11.1. The first kappa shape index (κ1) is 14.6. The van der Waals surface area contributed by atoms with Gasteiger partial charge in [-0.3, -0.25) is 0 Å². The number of aliphatic hydroxyl groups is 1. The molecule has 0 saturated heterocycles. The molecule has 0 spiro atoms. The molecule has 1 aromatic rings. The number of nitrogens with zero attached hydrogens (tertiary/aromatic N) is 1. The van der Waals surface area contributed by atoms with Crippen LogP contribution >= 0.6 is 0 Å². The highest BCUT2D eigenvalue weighted by Crippen LogP contribution is 2.13. The van der Waals surface area contributed by atoms with Gasteiger partial charge in [-0.2, -0.15) is 0 Å². The third-order valence-corrected chi connectivity index (χ3v) is 3.18. The number of hydrogen-bond acceptors (Lipinski definition) is 2. The second kappa shape index (κ2) is 7.06. The van der Waals surface area contributed by atoms with Crippen LogP contribution in [0.1, 0.15) is 26.7 Å². The van der Waals surface area contributed by atoms with Crippen molar-refractivity contribution in [2.75, 3.05) is 13.2 Å². The fourth-order valence-electron chi connectivity index (χ4n) is 1.71. The van der Waals surface area contributed by atoms with Crippen LogP contribution in [0.2, 0.25) is 0 Å². The van der Waals surface area contributed by atoms with Crippen molar-refractivity contribution >= 4 is 6.03 Å². The van der Waals surface area contributed by atoms with Crippen molar-refractivity contribution in [3.63, 3.8) is 0 Å². The topological polar surface area (TPSA) is 66.3 Å². The fourth-order valence-corrected chi connectivity index (χ4v) is 1.71. The Bertz CT molecular complexity index is 351. The van der Waals surface area contributed by atoms with E-state index in [0.29, 0.717) is 13.0 Å². The number of carbonyl (C=O) groups excluding carboxylic acids is 1. The molecule has 0 aliphatic heterocycles. The Labute approximate surface area is 108 Å². The fraction of sp³-hybridized carbons (Fsp3) is 0.615. The van der Waals surface area contributed by atoms with Gasteiger partial charge in [-0.15, -0.1) is 0 Å². The minimum Gasteiger partial charge on any atom is -0.396 e. The molecule has 5 heteroatoms. The molecule has 3 N–H and O–H groups in total. The second-order valence-corrected chi connectivity index (χ2v) is 4.69. The highest BCUT2D eigenvalue weighted by Gasteiger charge is 2.23. The van der Waals surface area contributed by atoms with Gasteiger partial charge >= 0.3 is 6.03 Å². The van der Waals surface area contributed by atoms with Gasteiger partial charge in [0.25, 0.3) is 0 Å². The Morgan fingerprint density at radius 3 is 2.61 bits per heavy atom. The molecule has 102 valence electrons. The number of urea groups is 1. The van der Waals surface area contributed by atoms with Crippen LogP contribution in [-0.4, -0.2) is 34.4 Å². The van der Waals surface area contributed by atoms with Gasteiger partial charge in [0.1, 0.15) is 0 Å². The lowest BCUT2D eigenvalue weighted by Crippen LogP contribution is -2.50. The van der Waals surface area contributed by atoms with E-state index in [-0.39, 0.29) is 18.2 Å². The van der Waals surface area contributed by atoms with Crippen molar-refractivity contribution in [3.8, 4) is 0 Å². The van der Waals surface area contributed by atoms with E-state index in [1.165, 1.54) is 0 Å². The summed E-state index contributed by atoms with van der Waals surface area (Å²) in [5.74, 6) is 0. The van der Waals surface area contributed by atoms with Crippen LogP contribution in [0.15, 0.2) is 24.5 Å². The zero-order chi connectivity index (χ0) is 13.4. The third kappa shape index (κ3) is 4.79. The van der Waals surface area contributed by atoms with Crippen LogP contribution in [0.4, 0.5) is 4.79 Å². The van der Waals surface area contributed by atoms with Crippen LogP contribution in [-0.2, 0) is 6.54 Å². The van der Waals surface area contributed by atoms with E-state index >= 15 is 0 Å². The molecule has 1 heterocycles. The molecule has 1 unspecified atom stereocenters. The van der Waals surface area contributed by atoms with E-state index in [0.717, 1.165) is 13.0 Å². The maximum atomic E-state index is 11.7. The van der Waals surface area contributed by atoms with E-state index in [9.17, 15) is 4.79 Å². The molecular weight excluding hydrogens is 230 g/mol. The summed E-state index contributed by atoms with van der Waals surface area (Å²) in [5, 5.41) is 14.7. The minimum absolute atomic E-state index is 0.0774. The summed E-state index contributed by atoms with van der Waals surface area (Å²) < 4.78 is 2.01. The molecule has 0 radical (unpaired) electrons. The van der Waals surface area contributed by atoms with Crippen molar-refractivity contribution in [2.24, 2.45) is 0 Å². The first-order valence-corrected chi connectivity index (χ1v) is 6.37. The Morgan fingerprint density at radius 1 is 1.39 bits per heavy atom. The summed E-state index contributed by atoms with van der Waals surface area (Å²) in [5.41, 5.74) is -0.341. The Balaban J connectivity index is 2.28. The molecule has 2 amide bonds. The lowest BCUT2D eigenvalue weighted by Gasteiger charge is -2.29. The van der Waals surface area contributed by atoms with Crippen molar-refractivity contribution in [2.45, 2.75) is 38.8 Å². The van der Waals surface area contributed by atoms with E-state index in [1.54, 1.807) is 0 Å². The van der Waals surface area contributed by atoms with Gasteiger partial charge in [-0.05, 0) is 31.9 Å². The van der Waals surface area contributed by atoms with Crippen LogP contribution in [0.5, 0.6) is 0 Å². The first-order valence-electron chi connectivity index (χ1n) is 6.37. The summed E-state index contributed by atoms with van der Waals surface area (Å²) >= 11 is 0. The highest BCUT2D eigenvalue weighted by atomic mass is 16.3. The van der Waals surface area contributed by atoms with Crippen molar-refractivity contribution in [1.29, 1.82) is 0 Å². The molecule has 1 atom stereocenters. The van der Waals surface area contributed by atoms with Crippen LogP contribution < -0.4 is 10.6 Å². The maximum absolute atomic E-state index is 11.7. The summed E-state index contributed by atoms with van der Waals surface area (Å²) in [6, 6.07) is 3.73. The van der Waals surface area contributed by atoms with E-state index in [1.807, 2.05) is 42.9 Å².